The Morgan fingerprint density at radius 2 is 1.86 bits per heavy atom. The standard InChI is InChI=1S/C17H28N2O.ClH/c1-4-8-15(12-14-9-6-5-7-10-14)19-17(20)16(18)11-13(2)3;/h5-7,9-10,13,15-16H,4,8,11-12,18H2,1-3H3,(H,19,20);1H/t15?,16-;/m0./s1. The van der Waals surface area contributed by atoms with Crippen molar-refractivity contribution in [2.45, 2.75) is 58.5 Å². The Labute approximate surface area is 135 Å². The summed E-state index contributed by atoms with van der Waals surface area (Å²) in [6.07, 6.45) is 3.64. The fourth-order valence-corrected chi connectivity index (χ4v) is 2.40. The number of carbonyl (C=O) groups is 1. The second kappa shape index (κ2) is 10.6. The molecule has 1 unspecified atom stereocenters. The van der Waals surface area contributed by atoms with Crippen molar-refractivity contribution in [2.24, 2.45) is 11.7 Å². The fourth-order valence-electron chi connectivity index (χ4n) is 2.40. The topological polar surface area (TPSA) is 55.1 Å². The van der Waals surface area contributed by atoms with Crippen LogP contribution in [0.2, 0.25) is 0 Å². The minimum atomic E-state index is -0.398. The Morgan fingerprint density at radius 3 is 2.38 bits per heavy atom. The van der Waals surface area contributed by atoms with E-state index in [-0.39, 0.29) is 24.4 Å². The highest BCUT2D eigenvalue weighted by Crippen LogP contribution is 2.09. The molecule has 4 heteroatoms. The first-order valence-electron chi connectivity index (χ1n) is 7.62. The molecule has 0 saturated heterocycles. The first kappa shape index (κ1) is 19.9. The first-order valence-corrected chi connectivity index (χ1v) is 7.62. The van der Waals surface area contributed by atoms with Gasteiger partial charge < -0.3 is 11.1 Å². The van der Waals surface area contributed by atoms with E-state index >= 15 is 0 Å². The van der Waals surface area contributed by atoms with E-state index in [1.54, 1.807) is 0 Å². The summed E-state index contributed by atoms with van der Waals surface area (Å²) in [7, 11) is 0. The lowest BCUT2D eigenvalue weighted by molar-refractivity contribution is -0.123. The predicted octanol–water partition coefficient (Wildman–Crippen LogP) is 3.31. The molecule has 1 rings (SSSR count). The van der Waals surface area contributed by atoms with Gasteiger partial charge in [-0.15, -0.1) is 12.4 Å². The van der Waals surface area contributed by atoms with E-state index in [2.05, 4.69) is 38.2 Å². The summed E-state index contributed by atoms with van der Waals surface area (Å²) in [5, 5.41) is 3.11. The molecule has 0 spiro atoms. The molecule has 0 aliphatic heterocycles. The predicted molar refractivity (Wildman–Crippen MR) is 91.7 cm³/mol. The molecule has 3 N–H and O–H groups in total. The summed E-state index contributed by atoms with van der Waals surface area (Å²) >= 11 is 0. The SMILES string of the molecule is CCCC(Cc1ccccc1)NC(=O)[C@@H](N)CC(C)C.Cl. The fraction of sp³-hybridized carbons (Fsp3) is 0.588. The quantitative estimate of drug-likeness (QED) is 0.773. The number of nitrogens with two attached hydrogens (primary N) is 1. The van der Waals surface area contributed by atoms with Crippen LogP contribution in [0.4, 0.5) is 0 Å². The van der Waals surface area contributed by atoms with Crippen molar-refractivity contribution >= 4 is 18.3 Å². The Bertz CT molecular complexity index is 395. The van der Waals surface area contributed by atoms with Crippen molar-refractivity contribution in [3.8, 4) is 0 Å². The molecule has 0 aromatic heterocycles. The number of hydrogen-bond donors (Lipinski definition) is 2. The maximum absolute atomic E-state index is 12.1. The average molecular weight is 313 g/mol. The zero-order chi connectivity index (χ0) is 15.0. The zero-order valence-electron chi connectivity index (χ0n) is 13.3. The Hall–Kier alpha value is -1.06. The van der Waals surface area contributed by atoms with Gasteiger partial charge in [0.2, 0.25) is 5.91 Å². The molecule has 0 bridgehead atoms. The van der Waals surface area contributed by atoms with Gasteiger partial charge in [0.05, 0.1) is 6.04 Å². The molecule has 2 atom stereocenters. The van der Waals surface area contributed by atoms with Crippen LogP contribution < -0.4 is 11.1 Å². The van der Waals surface area contributed by atoms with Crippen molar-refractivity contribution in [3.05, 3.63) is 35.9 Å². The maximum atomic E-state index is 12.1. The monoisotopic (exact) mass is 312 g/mol. The van der Waals surface area contributed by atoms with Gasteiger partial charge in [0.25, 0.3) is 0 Å². The third-order valence-electron chi connectivity index (χ3n) is 3.37. The van der Waals surface area contributed by atoms with Crippen LogP contribution in [0.3, 0.4) is 0 Å². The van der Waals surface area contributed by atoms with Crippen LogP contribution in [0.15, 0.2) is 30.3 Å². The minimum absolute atomic E-state index is 0. The summed E-state index contributed by atoms with van der Waals surface area (Å²) in [6.45, 7) is 6.31. The molecule has 0 fully saturated rings. The van der Waals surface area contributed by atoms with E-state index in [0.717, 1.165) is 25.7 Å². The van der Waals surface area contributed by atoms with Crippen molar-refractivity contribution < 1.29 is 4.79 Å². The highest BCUT2D eigenvalue weighted by atomic mass is 35.5. The summed E-state index contributed by atoms with van der Waals surface area (Å²) in [5.41, 5.74) is 7.20. The van der Waals surface area contributed by atoms with Crippen LogP contribution in [0.5, 0.6) is 0 Å². The highest BCUT2D eigenvalue weighted by Gasteiger charge is 2.18. The largest absolute Gasteiger partial charge is 0.352 e. The second-order valence-corrected chi connectivity index (χ2v) is 5.92. The third-order valence-corrected chi connectivity index (χ3v) is 3.37. The van der Waals surface area contributed by atoms with E-state index in [9.17, 15) is 4.79 Å². The van der Waals surface area contributed by atoms with Crippen LogP contribution in [0, 0.1) is 5.92 Å². The van der Waals surface area contributed by atoms with Crippen molar-refractivity contribution in [2.75, 3.05) is 0 Å². The molecule has 0 saturated carbocycles. The first-order chi connectivity index (χ1) is 9.52. The smallest absolute Gasteiger partial charge is 0.237 e. The Balaban J connectivity index is 0.00000400. The lowest BCUT2D eigenvalue weighted by atomic mass is 10.00. The molecular weight excluding hydrogens is 284 g/mol. The molecule has 1 amide bonds. The molecular formula is C17H29ClN2O. The van der Waals surface area contributed by atoms with Gasteiger partial charge in [-0.05, 0) is 30.7 Å². The molecule has 21 heavy (non-hydrogen) atoms. The number of hydrogen-bond acceptors (Lipinski definition) is 2. The van der Waals surface area contributed by atoms with Gasteiger partial charge in [-0.25, -0.2) is 0 Å². The lowest BCUT2D eigenvalue weighted by Gasteiger charge is -2.21. The van der Waals surface area contributed by atoms with Gasteiger partial charge >= 0.3 is 0 Å². The van der Waals surface area contributed by atoms with Crippen LogP contribution in [0.25, 0.3) is 0 Å². The second-order valence-electron chi connectivity index (χ2n) is 5.92. The van der Waals surface area contributed by atoms with Gasteiger partial charge in [0.1, 0.15) is 0 Å². The average Bonchev–Trinajstić information content (AvgIpc) is 2.39. The third kappa shape index (κ3) is 8.08. The van der Waals surface area contributed by atoms with Crippen LogP contribution >= 0.6 is 12.4 Å². The Kier molecular flexibility index (Phi) is 10.1. The Morgan fingerprint density at radius 1 is 1.24 bits per heavy atom. The number of benzene rings is 1. The van der Waals surface area contributed by atoms with Crippen LogP contribution in [-0.4, -0.2) is 18.0 Å². The van der Waals surface area contributed by atoms with Crippen molar-refractivity contribution in [1.82, 2.24) is 5.32 Å². The summed E-state index contributed by atoms with van der Waals surface area (Å²) in [6, 6.07) is 10.1. The van der Waals surface area contributed by atoms with Gasteiger partial charge in [-0.1, -0.05) is 57.5 Å². The van der Waals surface area contributed by atoms with Crippen molar-refractivity contribution in [1.29, 1.82) is 0 Å². The molecule has 0 heterocycles. The molecule has 120 valence electrons. The summed E-state index contributed by atoms with van der Waals surface area (Å²) in [4.78, 5) is 12.1. The van der Waals surface area contributed by atoms with E-state index in [4.69, 9.17) is 5.73 Å². The van der Waals surface area contributed by atoms with Crippen molar-refractivity contribution in [3.63, 3.8) is 0 Å². The molecule has 1 aromatic rings. The van der Waals surface area contributed by atoms with E-state index in [0.29, 0.717) is 5.92 Å². The molecule has 3 nitrogen and oxygen atoms in total. The normalized spacial score (nSPS) is 13.4. The minimum Gasteiger partial charge on any atom is -0.352 e. The summed E-state index contributed by atoms with van der Waals surface area (Å²) in [5.74, 6) is 0.419. The molecule has 0 radical (unpaired) electrons. The highest BCUT2D eigenvalue weighted by molar-refractivity contribution is 5.85. The lowest BCUT2D eigenvalue weighted by Crippen LogP contribution is -2.46. The van der Waals surface area contributed by atoms with Gasteiger partial charge in [0.15, 0.2) is 0 Å². The van der Waals surface area contributed by atoms with E-state index in [1.807, 2.05) is 18.2 Å². The number of halogens is 1. The molecule has 0 aliphatic carbocycles. The maximum Gasteiger partial charge on any atom is 0.237 e. The number of carbonyl (C=O) groups excluding carboxylic acids is 1. The van der Waals surface area contributed by atoms with Gasteiger partial charge in [0, 0.05) is 6.04 Å². The van der Waals surface area contributed by atoms with E-state index in [1.165, 1.54) is 5.56 Å². The number of amides is 1. The van der Waals surface area contributed by atoms with Crippen LogP contribution in [0.1, 0.15) is 45.6 Å². The van der Waals surface area contributed by atoms with Gasteiger partial charge in [-0.3, -0.25) is 4.79 Å². The number of rotatable bonds is 8. The van der Waals surface area contributed by atoms with E-state index < -0.39 is 6.04 Å². The van der Waals surface area contributed by atoms with Crippen LogP contribution in [-0.2, 0) is 11.2 Å². The van der Waals surface area contributed by atoms with Gasteiger partial charge in [-0.2, -0.15) is 0 Å². The summed E-state index contributed by atoms with van der Waals surface area (Å²) < 4.78 is 0. The zero-order valence-corrected chi connectivity index (χ0v) is 14.2. The molecule has 0 aliphatic rings. The molecule has 1 aromatic carbocycles. The number of nitrogens with one attached hydrogen (secondary N) is 1.